The van der Waals surface area contributed by atoms with Crippen LogP contribution in [0, 0.1) is 0 Å². The first-order valence-corrected chi connectivity index (χ1v) is 7.69. The molecule has 0 radical (unpaired) electrons. The summed E-state index contributed by atoms with van der Waals surface area (Å²) in [4.78, 5) is 17.1. The summed E-state index contributed by atoms with van der Waals surface area (Å²) in [6.07, 6.45) is 0. The first-order valence-electron chi connectivity index (χ1n) is 7.31. The van der Waals surface area contributed by atoms with Crippen LogP contribution in [0.15, 0.2) is 28.8 Å². The Bertz CT molecular complexity index is 630. The van der Waals surface area contributed by atoms with Crippen molar-refractivity contribution >= 4 is 17.5 Å². The zero-order valence-corrected chi connectivity index (χ0v) is 13.5. The molecule has 6 nitrogen and oxygen atoms in total. The summed E-state index contributed by atoms with van der Waals surface area (Å²) < 4.78 is 5.28. The molecule has 1 aromatic heterocycles. The fourth-order valence-corrected chi connectivity index (χ4v) is 2.27. The van der Waals surface area contributed by atoms with Crippen LogP contribution in [0.4, 0.5) is 0 Å². The van der Waals surface area contributed by atoms with Crippen molar-refractivity contribution in [3.63, 3.8) is 0 Å². The Kier molecular flexibility index (Phi) is 5.91. The van der Waals surface area contributed by atoms with E-state index in [4.69, 9.17) is 16.1 Å². The maximum atomic E-state index is 11.7. The fraction of sp³-hybridized carbons (Fsp3) is 0.400. The second-order valence-corrected chi connectivity index (χ2v) is 5.37. The van der Waals surface area contributed by atoms with Gasteiger partial charge in [-0.05, 0) is 26.0 Å². The van der Waals surface area contributed by atoms with Crippen molar-refractivity contribution in [3.05, 3.63) is 35.2 Å². The van der Waals surface area contributed by atoms with Gasteiger partial charge in [0, 0.05) is 17.1 Å². The van der Waals surface area contributed by atoms with E-state index in [0.29, 0.717) is 36.4 Å². The van der Waals surface area contributed by atoms with Crippen LogP contribution in [0.2, 0.25) is 5.02 Å². The second kappa shape index (κ2) is 7.91. The SMILES string of the molecule is CCNC(=O)C[NH+](CC)Cc1nc(-c2cccc(Cl)c2)no1. The molecule has 0 aliphatic rings. The van der Waals surface area contributed by atoms with Crippen LogP contribution >= 0.6 is 11.6 Å². The van der Waals surface area contributed by atoms with E-state index in [-0.39, 0.29) is 5.91 Å². The number of carbonyl (C=O) groups is 1. The molecule has 0 aliphatic heterocycles. The van der Waals surface area contributed by atoms with Gasteiger partial charge < -0.3 is 14.7 Å². The highest BCUT2D eigenvalue weighted by molar-refractivity contribution is 6.30. The third kappa shape index (κ3) is 4.54. The van der Waals surface area contributed by atoms with Gasteiger partial charge in [0.05, 0.1) is 6.54 Å². The van der Waals surface area contributed by atoms with Gasteiger partial charge in [0.2, 0.25) is 5.82 Å². The standard InChI is InChI=1S/C15H19ClN4O2/c1-3-17-13(21)9-20(4-2)10-14-18-15(19-22-14)11-6-5-7-12(16)8-11/h5-8H,3-4,9-10H2,1-2H3,(H,17,21)/p+1. The topological polar surface area (TPSA) is 72.5 Å². The number of benzene rings is 1. The number of hydrogen-bond acceptors (Lipinski definition) is 4. The Morgan fingerprint density at radius 1 is 1.41 bits per heavy atom. The number of likely N-dealkylation sites (N-methyl/N-ethyl adjacent to an activating group) is 2. The lowest BCUT2D eigenvalue weighted by atomic mass is 10.2. The molecule has 0 bridgehead atoms. The highest BCUT2D eigenvalue weighted by Gasteiger charge is 2.17. The maximum Gasteiger partial charge on any atom is 0.282 e. The number of nitrogens with zero attached hydrogens (tertiary/aromatic N) is 2. The van der Waals surface area contributed by atoms with Gasteiger partial charge in [-0.15, -0.1) is 0 Å². The molecular weight excluding hydrogens is 304 g/mol. The van der Waals surface area contributed by atoms with Crippen molar-refractivity contribution in [3.8, 4) is 11.4 Å². The van der Waals surface area contributed by atoms with Gasteiger partial charge in [-0.3, -0.25) is 4.79 Å². The molecule has 22 heavy (non-hydrogen) atoms. The highest BCUT2D eigenvalue weighted by Crippen LogP contribution is 2.19. The first kappa shape index (κ1) is 16.5. The van der Waals surface area contributed by atoms with Gasteiger partial charge >= 0.3 is 0 Å². The van der Waals surface area contributed by atoms with Crippen molar-refractivity contribution in [1.29, 1.82) is 0 Å². The Balaban J connectivity index is 2.03. The zero-order valence-electron chi connectivity index (χ0n) is 12.7. The van der Waals surface area contributed by atoms with Gasteiger partial charge in [-0.2, -0.15) is 4.98 Å². The van der Waals surface area contributed by atoms with E-state index in [0.717, 1.165) is 17.0 Å². The molecule has 2 aromatic rings. The molecule has 0 saturated carbocycles. The van der Waals surface area contributed by atoms with E-state index in [9.17, 15) is 4.79 Å². The van der Waals surface area contributed by atoms with Crippen molar-refractivity contribution in [2.24, 2.45) is 0 Å². The zero-order chi connectivity index (χ0) is 15.9. The molecule has 1 aromatic carbocycles. The lowest BCUT2D eigenvalue weighted by Gasteiger charge is -2.14. The maximum absolute atomic E-state index is 11.7. The number of halogens is 1. The molecule has 1 heterocycles. The van der Waals surface area contributed by atoms with Crippen LogP contribution < -0.4 is 10.2 Å². The van der Waals surface area contributed by atoms with E-state index in [1.165, 1.54) is 0 Å². The molecule has 7 heteroatoms. The lowest BCUT2D eigenvalue weighted by Crippen LogP contribution is -3.11. The van der Waals surface area contributed by atoms with Crippen LogP contribution in [-0.4, -0.2) is 35.7 Å². The Morgan fingerprint density at radius 2 is 2.23 bits per heavy atom. The highest BCUT2D eigenvalue weighted by atomic mass is 35.5. The first-order chi connectivity index (χ1) is 10.6. The normalized spacial score (nSPS) is 12.1. The molecule has 118 valence electrons. The summed E-state index contributed by atoms with van der Waals surface area (Å²) in [6.45, 7) is 6.25. The minimum Gasteiger partial charge on any atom is -0.351 e. The van der Waals surface area contributed by atoms with E-state index in [1.54, 1.807) is 12.1 Å². The lowest BCUT2D eigenvalue weighted by molar-refractivity contribution is -0.905. The van der Waals surface area contributed by atoms with Gasteiger partial charge in [-0.1, -0.05) is 28.9 Å². The van der Waals surface area contributed by atoms with Crippen LogP contribution in [0.3, 0.4) is 0 Å². The van der Waals surface area contributed by atoms with E-state index < -0.39 is 0 Å². The minimum absolute atomic E-state index is 0.0222. The van der Waals surface area contributed by atoms with Gasteiger partial charge in [-0.25, -0.2) is 0 Å². The predicted molar refractivity (Wildman–Crippen MR) is 83.5 cm³/mol. The Morgan fingerprint density at radius 3 is 2.91 bits per heavy atom. The fourth-order valence-electron chi connectivity index (χ4n) is 2.08. The summed E-state index contributed by atoms with van der Waals surface area (Å²) in [5, 5.41) is 7.39. The van der Waals surface area contributed by atoms with Crippen LogP contribution in [0.5, 0.6) is 0 Å². The average molecular weight is 324 g/mol. The van der Waals surface area contributed by atoms with Crippen molar-refractivity contribution in [2.45, 2.75) is 20.4 Å². The Hall–Kier alpha value is -1.92. The molecule has 0 saturated heterocycles. The molecule has 0 fully saturated rings. The molecular formula is C15H20ClN4O2+. The summed E-state index contributed by atoms with van der Waals surface area (Å²) in [6, 6.07) is 7.29. The average Bonchev–Trinajstić information content (AvgIpc) is 2.95. The molecule has 0 spiro atoms. The van der Waals surface area contributed by atoms with E-state index in [2.05, 4.69) is 15.5 Å². The van der Waals surface area contributed by atoms with Crippen molar-refractivity contribution in [2.75, 3.05) is 19.6 Å². The number of carbonyl (C=O) groups excluding carboxylic acids is 1. The Labute approximate surface area is 134 Å². The number of rotatable bonds is 7. The van der Waals surface area contributed by atoms with Crippen LogP contribution in [-0.2, 0) is 11.3 Å². The number of quaternary nitrogens is 1. The largest absolute Gasteiger partial charge is 0.351 e. The van der Waals surface area contributed by atoms with Gasteiger partial charge in [0.1, 0.15) is 0 Å². The number of hydrogen-bond donors (Lipinski definition) is 2. The summed E-state index contributed by atoms with van der Waals surface area (Å²) in [5.74, 6) is 1.04. The quantitative estimate of drug-likeness (QED) is 0.795. The molecule has 1 amide bonds. The number of nitrogens with one attached hydrogen (secondary N) is 2. The monoisotopic (exact) mass is 323 g/mol. The summed E-state index contributed by atoms with van der Waals surface area (Å²) in [5.41, 5.74) is 0.810. The molecule has 2 rings (SSSR count). The third-order valence-corrected chi connectivity index (χ3v) is 3.47. The molecule has 1 atom stereocenters. The summed E-state index contributed by atoms with van der Waals surface area (Å²) in [7, 11) is 0. The van der Waals surface area contributed by atoms with Gasteiger partial charge in [0.15, 0.2) is 13.1 Å². The number of amides is 1. The van der Waals surface area contributed by atoms with E-state index >= 15 is 0 Å². The van der Waals surface area contributed by atoms with Crippen molar-refractivity contribution in [1.82, 2.24) is 15.5 Å². The summed E-state index contributed by atoms with van der Waals surface area (Å²) >= 11 is 5.96. The third-order valence-electron chi connectivity index (χ3n) is 3.24. The molecule has 1 unspecified atom stereocenters. The van der Waals surface area contributed by atoms with Gasteiger partial charge in [0.25, 0.3) is 11.8 Å². The molecule has 2 N–H and O–H groups in total. The smallest absolute Gasteiger partial charge is 0.282 e. The van der Waals surface area contributed by atoms with Crippen LogP contribution in [0.1, 0.15) is 19.7 Å². The van der Waals surface area contributed by atoms with Crippen molar-refractivity contribution < 1.29 is 14.2 Å². The second-order valence-electron chi connectivity index (χ2n) is 4.93. The van der Waals surface area contributed by atoms with E-state index in [1.807, 2.05) is 26.0 Å². The van der Waals surface area contributed by atoms with Crippen LogP contribution in [0.25, 0.3) is 11.4 Å². The minimum atomic E-state index is 0.0222. The predicted octanol–water partition coefficient (Wildman–Crippen LogP) is 0.931. The number of aromatic nitrogens is 2. The molecule has 0 aliphatic carbocycles.